The normalized spacial score (nSPS) is 12.7. The molecule has 2 nitrogen and oxygen atoms in total. The molecular formula is C55H94N2Si. The van der Waals surface area contributed by atoms with Crippen LogP contribution in [0.5, 0.6) is 0 Å². The van der Waals surface area contributed by atoms with E-state index in [0.29, 0.717) is 0 Å². The van der Waals surface area contributed by atoms with E-state index in [0.717, 1.165) is 35.6 Å². The first-order valence-electron chi connectivity index (χ1n) is 25.3. The van der Waals surface area contributed by atoms with Gasteiger partial charge in [-0.2, -0.15) is 0 Å². The van der Waals surface area contributed by atoms with Gasteiger partial charge in [-0.05, 0) is 80.5 Å². The van der Waals surface area contributed by atoms with Crippen molar-refractivity contribution in [2.24, 2.45) is 9.98 Å². The molecule has 0 heterocycles. The summed E-state index contributed by atoms with van der Waals surface area (Å²) < 4.78 is 0. The molecule has 0 unspecified atom stereocenters. The third kappa shape index (κ3) is 29.9. The lowest BCUT2D eigenvalue weighted by atomic mass is 10.0. The summed E-state index contributed by atoms with van der Waals surface area (Å²) in [6, 6.07) is 19.2. The molecule has 0 N–H and O–H groups in total. The molecule has 0 fully saturated rings. The third-order valence-electron chi connectivity index (χ3n) is 12.0. The van der Waals surface area contributed by atoms with Crippen LogP contribution in [0.15, 0.2) is 70.7 Å². The fraction of sp³-hybridized carbons (Fsp3) is 0.709. The minimum absolute atomic E-state index is 0.980. The maximum atomic E-state index is 5.17. The summed E-state index contributed by atoms with van der Waals surface area (Å²) >= 11 is 0. The van der Waals surface area contributed by atoms with E-state index in [9.17, 15) is 0 Å². The zero-order valence-electron chi connectivity index (χ0n) is 39.5. The average molecular weight is 811 g/mol. The second-order valence-corrected chi connectivity index (χ2v) is 24.7. The van der Waals surface area contributed by atoms with Gasteiger partial charge >= 0.3 is 0 Å². The Morgan fingerprint density at radius 2 is 0.914 bits per heavy atom. The molecule has 0 saturated carbocycles. The predicted octanol–water partition coefficient (Wildman–Crippen LogP) is 19.3. The Bertz CT molecular complexity index is 1330. The van der Waals surface area contributed by atoms with E-state index < -0.39 is 8.07 Å². The first-order chi connectivity index (χ1) is 28.3. The van der Waals surface area contributed by atoms with Gasteiger partial charge in [0.2, 0.25) is 0 Å². The zero-order chi connectivity index (χ0) is 41.8. The largest absolute Gasteiger partial charge is 0.252 e. The van der Waals surface area contributed by atoms with Crippen LogP contribution >= 0.6 is 0 Å². The number of hydrogen-bond acceptors (Lipinski definition) is 2. The number of hydrogen-bond donors (Lipinski definition) is 0. The summed E-state index contributed by atoms with van der Waals surface area (Å²) in [7, 11) is -1.09. The molecule has 0 aromatic heterocycles. The summed E-state index contributed by atoms with van der Waals surface area (Å²) in [6.45, 7) is 14.1. The Hall–Kier alpha value is -2.26. The minimum Gasteiger partial charge on any atom is -0.252 e. The number of rotatable bonds is 38. The van der Waals surface area contributed by atoms with Crippen LogP contribution in [0.2, 0.25) is 25.7 Å². The molecule has 0 saturated heterocycles. The van der Waals surface area contributed by atoms with Gasteiger partial charge in [0.15, 0.2) is 0 Å². The lowest BCUT2D eigenvalue weighted by Crippen LogP contribution is -2.19. The standard InChI is InChI=1S/C55H94N2Si/c1-7-9-11-13-15-17-19-20-21-22-23-24-25-26-27-29-31-33-35-37-42-55(50(3)56-54-41-38-40-52(49-54)47-48-58(4,5)6)57-53-45-43-51(44-46-53)39-36-34-32-30-28-18-16-14-12-10-8-2/h37-38,40-46,49H,7-36,39,47-48H2,1-6H3. The van der Waals surface area contributed by atoms with Crippen molar-refractivity contribution in [3.63, 3.8) is 0 Å². The summed E-state index contributed by atoms with van der Waals surface area (Å²) in [5.41, 5.74) is 6.86. The molecular weight excluding hydrogens is 717 g/mol. The highest BCUT2D eigenvalue weighted by atomic mass is 28.3. The lowest BCUT2D eigenvalue weighted by Gasteiger charge is -2.15. The van der Waals surface area contributed by atoms with Crippen LogP contribution in [0.25, 0.3) is 0 Å². The van der Waals surface area contributed by atoms with Gasteiger partial charge in [0, 0.05) is 8.07 Å². The van der Waals surface area contributed by atoms with Crippen molar-refractivity contribution >= 4 is 30.9 Å². The van der Waals surface area contributed by atoms with E-state index in [4.69, 9.17) is 9.98 Å². The molecule has 0 atom stereocenters. The predicted molar refractivity (Wildman–Crippen MR) is 267 cm³/mol. The SMILES string of the molecule is CCCCCCCCCCCCCCCCCCCCC=CC(=Nc1ccc(CCCCCCCCCCCCC)cc1)C(C)=Nc1cccc(CC[Si](C)(C)C)c1. The van der Waals surface area contributed by atoms with Crippen molar-refractivity contribution in [2.45, 2.75) is 252 Å². The second-order valence-electron chi connectivity index (χ2n) is 19.1. The van der Waals surface area contributed by atoms with E-state index in [2.05, 4.69) is 101 Å². The van der Waals surface area contributed by atoms with E-state index in [1.807, 2.05) is 0 Å². The molecule has 0 radical (unpaired) electrons. The molecule has 0 aliphatic carbocycles. The summed E-state index contributed by atoms with van der Waals surface area (Å²) in [6.07, 6.45) is 48.8. The fourth-order valence-electron chi connectivity index (χ4n) is 8.02. The Morgan fingerprint density at radius 1 is 0.466 bits per heavy atom. The Balaban J connectivity index is 1.79. The molecule has 0 bridgehead atoms. The van der Waals surface area contributed by atoms with Gasteiger partial charge in [-0.25, -0.2) is 4.99 Å². The lowest BCUT2D eigenvalue weighted by molar-refractivity contribution is 0.525. The van der Waals surface area contributed by atoms with E-state index in [1.165, 1.54) is 210 Å². The van der Waals surface area contributed by atoms with Gasteiger partial charge in [-0.3, -0.25) is 4.99 Å². The number of aliphatic imine (C=N–C) groups is 2. The van der Waals surface area contributed by atoms with Gasteiger partial charge in [-0.1, -0.05) is 243 Å². The van der Waals surface area contributed by atoms with Crippen molar-refractivity contribution in [1.29, 1.82) is 0 Å². The molecule has 0 spiro atoms. The molecule has 328 valence electrons. The van der Waals surface area contributed by atoms with Crippen LogP contribution in [-0.2, 0) is 12.8 Å². The van der Waals surface area contributed by atoms with Crippen molar-refractivity contribution in [1.82, 2.24) is 0 Å². The van der Waals surface area contributed by atoms with Crippen LogP contribution in [0.4, 0.5) is 11.4 Å². The molecule has 58 heavy (non-hydrogen) atoms. The Morgan fingerprint density at radius 3 is 1.38 bits per heavy atom. The summed E-state index contributed by atoms with van der Waals surface area (Å²) in [5.74, 6) is 0. The topological polar surface area (TPSA) is 24.7 Å². The number of aryl methyl sites for hydroxylation is 2. The molecule has 0 amide bonds. The summed E-state index contributed by atoms with van der Waals surface area (Å²) in [5, 5.41) is 0. The molecule has 2 rings (SSSR count). The smallest absolute Gasteiger partial charge is 0.0845 e. The highest BCUT2D eigenvalue weighted by molar-refractivity contribution is 6.76. The highest BCUT2D eigenvalue weighted by Gasteiger charge is 2.13. The van der Waals surface area contributed by atoms with Crippen LogP contribution in [-0.4, -0.2) is 19.5 Å². The van der Waals surface area contributed by atoms with Crippen LogP contribution in [0.3, 0.4) is 0 Å². The van der Waals surface area contributed by atoms with E-state index in [-0.39, 0.29) is 0 Å². The van der Waals surface area contributed by atoms with Crippen molar-refractivity contribution in [3.05, 3.63) is 71.8 Å². The van der Waals surface area contributed by atoms with Gasteiger partial charge in [-0.15, -0.1) is 0 Å². The number of benzene rings is 2. The van der Waals surface area contributed by atoms with Crippen LogP contribution < -0.4 is 0 Å². The van der Waals surface area contributed by atoms with Gasteiger partial charge in [0.05, 0.1) is 22.8 Å². The van der Waals surface area contributed by atoms with Crippen LogP contribution in [0, 0.1) is 0 Å². The Kier molecular flexibility index (Phi) is 31.7. The third-order valence-corrected chi connectivity index (χ3v) is 13.7. The van der Waals surface area contributed by atoms with Gasteiger partial charge in [0.25, 0.3) is 0 Å². The quantitative estimate of drug-likeness (QED) is 0.0367. The summed E-state index contributed by atoms with van der Waals surface area (Å²) in [4.78, 5) is 10.3. The van der Waals surface area contributed by atoms with Crippen molar-refractivity contribution in [3.8, 4) is 0 Å². The number of allylic oxidation sites excluding steroid dienone is 2. The molecule has 3 heteroatoms. The van der Waals surface area contributed by atoms with Crippen molar-refractivity contribution in [2.75, 3.05) is 0 Å². The molecule has 0 aliphatic heterocycles. The minimum atomic E-state index is -1.09. The monoisotopic (exact) mass is 811 g/mol. The van der Waals surface area contributed by atoms with Crippen LogP contribution in [0.1, 0.15) is 225 Å². The van der Waals surface area contributed by atoms with E-state index in [1.54, 1.807) is 0 Å². The van der Waals surface area contributed by atoms with E-state index >= 15 is 0 Å². The second kappa shape index (κ2) is 35.5. The first-order valence-corrected chi connectivity index (χ1v) is 29.0. The van der Waals surface area contributed by atoms with Gasteiger partial charge in [0.1, 0.15) is 0 Å². The highest BCUT2D eigenvalue weighted by Crippen LogP contribution is 2.22. The van der Waals surface area contributed by atoms with Gasteiger partial charge < -0.3 is 0 Å². The maximum Gasteiger partial charge on any atom is 0.0845 e. The Labute approximate surface area is 363 Å². The first kappa shape index (κ1) is 51.9. The fourth-order valence-corrected chi connectivity index (χ4v) is 9.06. The van der Waals surface area contributed by atoms with Crippen molar-refractivity contribution < 1.29 is 0 Å². The number of unbranched alkanes of at least 4 members (excludes halogenated alkanes) is 28. The molecule has 0 aliphatic rings. The molecule has 2 aromatic rings. The maximum absolute atomic E-state index is 5.17. The molecule has 2 aromatic carbocycles. The number of nitrogens with zero attached hydrogens (tertiary/aromatic N) is 2. The average Bonchev–Trinajstić information content (AvgIpc) is 3.21. The zero-order valence-corrected chi connectivity index (χ0v) is 40.5.